The fraction of sp³-hybridized carbons (Fsp3) is 0.833. The normalized spacial score (nSPS) is 47.8. The van der Waals surface area contributed by atoms with Crippen molar-refractivity contribution in [3.8, 4) is 0 Å². The molecule has 35 heteroatoms. The van der Waals surface area contributed by atoms with Gasteiger partial charge in [0.1, 0.15) is 109 Å². The van der Waals surface area contributed by atoms with Gasteiger partial charge in [0.2, 0.25) is 12.2 Å². The lowest BCUT2D eigenvalue weighted by atomic mass is 9.33. The highest BCUT2D eigenvalue weighted by Crippen LogP contribution is 2.76. The number of aliphatic carboxylic acids is 1. The van der Waals surface area contributed by atoms with E-state index in [9.17, 15) is 101 Å². The number of aliphatic hydroxyl groups is 15. The number of esters is 1. The number of hydrogen-bond acceptors (Lipinski definition) is 32. The predicted octanol–water partition coefficient (Wildman–Crippen LogP) is -0.858. The summed E-state index contributed by atoms with van der Waals surface area (Å²) in [5, 5.41) is 181. The van der Waals surface area contributed by atoms with Crippen LogP contribution in [0.5, 0.6) is 0 Å². The Kier molecular flexibility index (Phi) is 27.6. The average molecular weight is 1720 g/mol. The molecule has 17 N–H and O–H groups in total. The number of aliphatic hydroxyl groups excluding tert-OH is 15. The molecule has 34 nitrogen and oxygen atoms in total. The maximum Gasteiger partial charge on any atom is 0.335 e. The van der Waals surface area contributed by atoms with E-state index in [2.05, 4.69) is 68.6 Å². The van der Waals surface area contributed by atoms with E-state index in [-0.39, 0.29) is 43.8 Å². The van der Waals surface area contributed by atoms with Crippen LogP contribution in [-0.4, -0.2) is 316 Å². The van der Waals surface area contributed by atoms with E-state index in [1.165, 1.54) is 6.92 Å². The van der Waals surface area contributed by atoms with E-state index in [1.807, 2.05) is 12.1 Å². The number of hydrogen-bond donors (Lipinski definition) is 17. The number of rotatable bonds is 25. The molecule has 6 heterocycles. The second kappa shape index (κ2) is 35.2. The molecular weight excluding hydrogens is 1610 g/mol. The molecule has 113 heavy (non-hydrogen) atoms. The molecule has 18 unspecified atom stereocenters. The van der Waals surface area contributed by atoms with Crippen LogP contribution in [0.1, 0.15) is 162 Å². The number of carbonyl (C=O) groups excluding carboxylic acids is 4. The van der Waals surface area contributed by atoms with Gasteiger partial charge < -0.3 is 149 Å². The Balaban J connectivity index is 0.800. The number of aldehydes is 1. The molecule has 12 rings (SSSR count). The Morgan fingerprint density at radius 2 is 1.22 bits per heavy atom. The molecular formula is C78H116INO33. The number of nitrogens with one attached hydrogen (secondary N) is 1. The average Bonchev–Trinajstić information content (AvgIpc) is 0.669. The molecule has 0 bridgehead atoms. The first kappa shape index (κ1) is 88.7. The van der Waals surface area contributed by atoms with E-state index in [0.29, 0.717) is 76.2 Å². The van der Waals surface area contributed by atoms with Gasteiger partial charge in [-0.25, -0.2) is 4.79 Å². The quantitative estimate of drug-likeness (QED) is 0.0108. The first-order chi connectivity index (χ1) is 53.3. The highest BCUT2D eigenvalue weighted by atomic mass is 127. The van der Waals surface area contributed by atoms with Crippen LogP contribution in [-0.2, 0) is 76.0 Å². The minimum Gasteiger partial charge on any atom is -0.479 e. The topological polar surface area (TPSA) is 532 Å². The number of carbonyl (C=O) groups is 5. The number of ketones is 1. The Morgan fingerprint density at radius 1 is 0.584 bits per heavy atom. The van der Waals surface area contributed by atoms with E-state index in [1.54, 1.807) is 19.1 Å². The molecule has 1 aromatic carbocycles. The zero-order chi connectivity index (χ0) is 82.1. The van der Waals surface area contributed by atoms with Gasteiger partial charge in [0.15, 0.2) is 49.4 Å². The van der Waals surface area contributed by atoms with E-state index in [0.717, 1.165) is 15.4 Å². The number of Topliss-reactive ketones (excluding diaryl/α,β-unsaturated/α-hetero) is 1. The number of benzene rings is 1. The van der Waals surface area contributed by atoms with Gasteiger partial charge in [-0.2, -0.15) is 0 Å². The molecule has 1 amide bonds. The van der Waals surface area contributed by atoms with Gasteiger partial charge in [-0.05, 0) is 152 Å². The standard InChI is InChI=1S/C78H116INO33/c1-34-61(109-67-57(95)52(90)42(87)32-103-67)56(94)59(97)68(104-34)111-64-54(92)51(80-49(89)13-11-9-8-10-12-39(84)35-14-16-36(79)17-15-35)43(29-81)105-70(64)113-72(101)78-25-24-73(2,3)27-38(78)37-18-19-46-74(4)22-21-48(75(5,33-83)45(74)20-23-76(46,6)77(37,7)28-47(78)88)107-71-65(112-69-58(96)55(93)53(91)44(30-82)106-69)62(60(98)63(110-71)66(99)100)108-50-26-40(85)41(86)31-102-50/h14-18,33-34,38,40-48,50-65,67-71,81-82,85-88,90-98H,8-13,19-32H2,1-7H3,(H,80,89)(H,99,100)/t34-,38?,40-,41-,42?,43+,44?,45-,46?,47+,48+,50?,51?,52?,53?,54?,55-,56?,57?,58+,59?,60-,61?,62+,63?,64?,65+,67+,68+,69+,70+,71?,74?,75-,76+,77-,78?/m1/s1. The first-order valence-corrected chi connectivity index (χ1v) is 40.8. The molecule has 6 aliphatic heterocycles. The summed E-state index contributed by atoms with van der Waals surface area (Å²) < 4.78 is 74.5. The molecule has 10 fully saturated rings. The van der Waals surface area contributed by atoms with Crippen molar-refractivity contribution < 1.29 is 163 Å². The molecule has 0 radical (unpaired) electrons. The number of carboxylic acids is 1. The number of fused-ring (bicyclic) bond motifs is 7. The SMILES string of the molecule is C[C@H]1O[C@@H](OC2C(O)C(NC(=O)CCCCCCC(=O)c3ccc(I)cc3)[C@H](CO)O[C@H]2OC(=O)C23CCC(C)(C)CC2C2=CCC4C5(C)CC[C@H](OC6OC(C(=O)O)[C@H](O)[C@H](OC7C[C@@H](O)[C@H](O)CO7)[C@@H]6O[C@@H]6OC(CO)C(O)[C@@H](O)[C@@H]6O)[C@](C)(C=O)[C@@H]5CC[C@]4(C)[C@]2(C)C[C@@H]3O)C(O)C(O)C1O[C@@H]1OCC(O)C(O)C1O. The summed E-state index contributed by atoms with van der Waals surface area (Å²) in [7, 11) is 0. The van der Waals surface area contributed by atoms with E-state index in [4.69, 9.17) is 56.8 Å². The van der Waals surface area contributed by atoms with Crippen LogP contribution >= 0.6 is 22.6 Å². The number of allylic oxidation sites excluding steroid dienone is 2. The lowest BCUT2D eigenvalue weighted by Gasteiger charge is -2.71. The smallest absolute Gasteiger partial charge is 0.335 e. The first-order valence-electron chi connectivity index (χ1n) is 39.7. The molecule has 1 aromatic rings. The lowest BCUT2D eigenvalue weighted by molar-refractivity contribution is -0.387. The fourth-order valence-electron chi connectivity index (χ4n) is 20.9. The second-order valence-electron chi connectivity index (χ2n) is 35.1. The molecule has 0 spiro atoms. The van der Waals surface area contributed by atoms with Gasteiger partial charge in [-0.15, -0.1) is 0 Å². The van der Waals surface area contributed by atoms with E-state index >= 15 is 4.79 Å². The molecule has 5 aliphatic carbocycles. The molecule has 4 saturated carbocycles. The maximum atomic E-state index is 16.1. The van der Waals surface area contributed by atoms with Crippen molar-refractivity contribution in [2.24, 2.45) is 50.2 Å². The zero-order valence-corrected chi connectivity index (χ0v) is 66.7. The van der Waals surface area contributed by atoms with Crippen LogP contribution in [0, 0.1) is 53.8 Å². The lowest BCUT2D eigenvalue weighted by Crippen LogP contribution is -2.70. The van der Waals surface area contributed by atoms with Gasteiger partial charge in [0.05, 0.1) is 62.3 Å². The van der Waals surface area contributed by atoms with Gasteiger partial charge in [0, 0.05) is 28.4 Å². The van der Waals surface area contributed by atoms with Crippen LogP contribution in [0.4, 0.5) is 0 Å². The van der Waals surface area contributed by atoms with Crippen LogP contribution in [0.2, 0.25) is 0 Å². The van der Waals surface area contributed by atoms with Crippen molar-refractivity contribution in [2.75, 3.05) is 26.4 Å². The fourth-order valence-corrected chi connectivity index (χ4v) is 21.3. The Morgan fingerprint density at radius 3 is 1.89 bits per heavy atom. The highest BCUT2D eigenvalue weighted by Gasteiger charge is 2.73. The summed E-state index contributed by atoms with van der Waals surface area (Å²) in [6.07, 6.45) is -40.5. The van der Waals surface area contributed by atoms with Crippen LogP contribution in [0.3, 0.4) is 0 Å². The highest BCUT2D eigenvalue weighted by molar-refractivity contribution is 14.1. The van der Waals surface area contributed by atoms with Crippen LogP contribution < -0.4 is 5.32 Å². The molecule has 638 valence electrons. The summed E-state index contributed by atoms with van der Waals surface area (Å²) >= 11 is 2.16. The summed E-state index contributed by atoms with van der Waals surface area (Å²) in [6, 6.07) is 5.78. The second-order valence-corrected chi connectivity index (χ2v) is 36.4. The third-order valence-electron chi connectivity index (χ3n) is 27.8. The number of unbranched alkanes of at least 4 members (excludes halogenated alkanes) is 3. The molecule has 6 saturated heterocycles. The van der Waals surface area contributed by atoms with Crippen molar-refractivity contribution in [2.45, 2.75) is 329 Å². The van der Waals surface area contributed by atoms with Gasteiger partial charge in [-0.1, -0.05) is 78.2 Å². The Bertz CT molecular complexity index is 3510. The summed E-state index contributed by atoms with van der Waals surface area (Å²) in [5.41, 5.74) is -4.32. The molecule has 0 aromatic heterocycles. The van der Waals surface area contributed by atoms with Crippen LogP contribution in [0.25, 0.3) is 0 Å². The zero-order valence-electron chi connectivity index (χ0n) is 64.6. The number of carboxylic acid groups (broad SMARTS) is 1. The van der Waals surface area contributed by atoms with Crippen molar-refractivity contribution in [1.82, 2.24) is 5.32 Å². The maximum absolute atomic E-state index is 16.1. The Labute approximate surface area is 668 Å². The largest absolute Gasteiger partial charge is 0.479 e. The van der Waals surface area contributed by atoms with Gasteiger partial charge in [-0.3, -0.25) is 14.4 Å². The van der Waals surface area contributed by atoms with Crippen molar-refractivity contribution in [1.29, 1.82) is 0 Å². The minimum absolute atomic E-state index is 0.00685. The third-order valence-corrected chi connectivity index (χ3v) is 28.5. The van der Waals surface area contributed by atoms with Gasteiger partial charge >= 0.3 is 11.9 Å². The molecule has 37 atom stereocenters. The number of amides is 1. The molecule has 11 aliphatic rings. The van der Waals surface area contributed by atoms with Crippen molar-refractivity contribution in [3.63, 3.8) is 0 Å². The predicted molar refractivity (Wildman–Crippen MR) is 393 cm³/mol. The summed E-state index contributed by atoms with van der Waals surface area (Å²) in [5.74, 6) is -4.63. The summed E-state index contributed by atoms with van der Waals surface area (Å²) in [4.78, 5) is 70.2. The minimum atomic E-state index is -2.11. The Hall–Kier alpha value is -3.60. The van der Waals surface area contributed by atoms with E-state index < -0.39 is 267 Å². The number of ether oxygens (including phenoxy) is 12. The van der Waals surface area contributed by atoms with Crippen LogP contribution in [0.15, 0.2) is 35.9 Å². The summed E-state index contributed by atoms with van der Waals surface area (Å²) in [6.45, 7) is 11.1. The van der Waals surface area contributed by atoms with Crippen molar-refractivity contribution in [3.05, 3.63) is 45.0 Å². The van der Waals surface area contributed by atoms with Crippen molar-refractivity contribution >= 4 is 52.5 Å². The monoisotopic (exact) mass is 1720 g/mol. The third kappa shape index (κ3) is 16.9. The number of halogens is 1. The van der Waals surface area contributed by atoms with Gasteiger partial charge in [0.25, 0.3) is 0 Å².